The number of hydrogen-bond acceptors (Lipinski definition) is 7. The fourth-order valence-electron chi connectivity index (χ4n) is 3.45. The minimum absolute atomic E-state index is 0.0492. The number of hydrogen-bond donors (Lipinski definition) is 2. The highest BCUT2D eigenvalue weighted by Gasteiger charge is 2.28. The van der Waals surface area contributed by atoms with Gasteiger partial charge in [-0.25, -0.2) is 8.42 Å². The number of anilines is 2. The highest BCUT2D eigenvalue weighted by atomic mass is 35.5. The third kappa shape index (κ3) is 4.57. The lowest BCUT2D eigenvalue weighted by molar-refractivity contribution is -0.384. The minimum Gasteiger partial charge on any atom is -0.292 e. The second-order valence-electron chi connectivity index (χ2n) is 7.32. The Hall–Kier alpha value is -3.76. The van der Waals surface area contributed by atoms with E-state index in [0.29, 0.717) is 10.6 Å². The van der Waals surface area contributed by atoms with Gasteiger partial charge in [0.25, 0.3) is 15.7 Å². The summed E-state index contributed by atoms with van der Waals surface area (Å²) in [7, 11) is -4.10. The number of carbonyl (C=O) groups is 1. The van der Waals surface area contributed by atoms with E-state index in [2.05, 4.69) is 15.2 Å². The SMILES string of the molecule is Cc1cccc2c1CC(=O)C2=NNc1ccc(S(=O)(=O)Nc2ccc(Cl)cc2)cc1[N+](=O)[O-]. The molecule has 0 atom stereocenters. The van der Waals surface area contributed by atoms with Gasteiger partial charge in [0.2, 0.25) is 0 Å². The molecule has 0 fully saturated rings. The second-order valence-corrected chi connectivity index (χ2v) is 9.44. The molecule has 0 radical (unpaired) electrons. The lowest BCUT2D eigenvalue weighted by atomic mass is 10.0. The normalized spacial score (nSPS) is 14.2. The molecule has 4 rings (SSSR count). The van der Waals surface area contributed by atoms with Crippen molar-refractivity contribution >= 4 is 50.2 Å². The molecule has 0 unspecified atom stereocenters. The largest absolute Gasteiger partial charge is 0.295 e. The third-order valence-electron chi connectivity index (χ3n) is 5.13. The number of rotatable bonds is 6. The molecule has 3 aromatic rings. The van der Waals surface area contributed by atoms with Crippen molar-refractivity contribution < 1.29 is 18.1 Å². The van der Waals surface area contributed by atoms with E-state index in [0.717, 1.165) is 17.2 Å². The molecule has 0 saturated heterocycles. The second kappa shape index (κ2) is 8.64. The van der Waals surface area contributed by atoms with Gasteiger partial charge in [-0.05, 0) is 54.4 Å². The van der Waals surface area contributed by atoms with Crippen LogP contribution in [-0.4, -0.2) is 24.8 Å². The molecule has 0 amide bonds. The number of fused-ring (bicyclic) bond motifs is 1. The van der Waals surface area contributed by atoms with Gasteiger partial charge < -0.3 is 0 Å². The maximum Gasteiger partial charge on any atom is 0.295 e. The molecule has 0 aromatic heterocycles. The van der Waals surface area contributed by atoms with Crippen molar-refractivity contribution in [2.24, 2.45) is 5.10 Å². The summed E-state index contributed by atoms with van der Waals surface area (Å²) in [5.41, 5.74) is 4.92. The molecule has 0 heterocycles. The third-order valence-corrected chi connectivity index (χ3v) is 6.76. The summed E-state index contributed by atoms with van der Waals surface area (Å²) < 4.78 is 27.7. The fourth-order valence-corrected chi connectivity index (χ4v) is 4.65. The van der Waals surface area contributed by atoms with Crippen LogP contribution in [0.2, 0.25) is 5.02 Å². The van der Waals surface area contributed by atoms with Crippen molar-refractivity contribution in [3.8, 4) is 0 Å². The van der Waals surface area contributed by atoms with Crippen LogP contribution in [0.15, 0.2) is 70.7 Å². The van der Waals surface area contributed by atoms with E-state index in [9.17, 15) is 23.3 Å². The maximum absolute atomic E-state index is 12.7. The average Bonchev–Trinajstić information content (AvgIpc) is 3.10. The van der Waals surface area contributed by atoms with Gasteiger partial charge in [-0.1, -0.05) is 29.8 Å². The van der Waals surface area contributed by atoms with Crippen LogP contribution in [-0.2, 0) is 21.2 Å². The van der Waals surface area contributed by atoms with Crippen LogP contribution in [0.3, 0.4) is 0 Å². The molecule has 2 N–H and O–H groups in total. The Balaban J connectivity index is 1.64. The van der Waals surface area contributed by atoms with Gasteiger partial charge in [0.15, 0.2) is 5.78 Å². The summed E-state index contributed by atoms with van der Waals surface area (Å²) in [5, 5.41) is 16.2. The van der Waals surface area contributed by atoms with Gasteiger partial charge in [0, 0.05) is 28.8 Å². The number of aryl methyl sites for hydroxylation is 1. The Morgan fingerprint density at radius 2 is 1.82 bits per heavy atom. The number of sulfonamides is 1. The molecule has 168 valence electrons. The molecule has 1 aliphatic carbocycles. The van der Waals surface area contributed by atoms with Crippen molar-refractivity contribution in [3.05, 3.63) is 92.5 Å². The monoisotopic (exact) mass is 484 g/mol. The predicted molar refractivity (Wildman–Crippen MR) is 125 cm³/mol. The van der Waals surface area contributed by atoms with Crippen molar-refractivity contribution in [2.75, 3.05) is 10.1 Å². The molecule has 1 aliphatic rings. The maximum atomic E-state index is 12.7. The van der Waals surface area contributed by atoms with Gasteiger partial charge >= 0.3 is 0 Å². The highest BCUT2D eigenvalue weighted by molar-refractivity contribution is 7.92. The smallest absolute Gasteiger partial charge is 0.292 e. The Morgan fingerprint density at radius 3 is 2.52 bits per heavy atom. The standard InChI is InChI=1S/C22H17ClN4O5S/c1-13-3-2-4-17-18(13)12-21(28)22(17)25-24-19-10-9-16(11-20(19)27(29)30)33(31,32)26-15-7-5-14(23)6-8-15/h2-11,24,26H,12H2,1H3. The van der Waals surface area contributed by atoms with Gasteiger partial charge in [-0.15, -0.1) is 0 Å². The molecule has 3 aromatic carbocycles. The number of hydrazone groups is 1. The number of nitrogens with one attached hydrogen (secondary N) is 2. The summed E-state index contributed by atoms with van der Waals surface area (Å²) in [4.78, 5) is 23.0. The number of benzene rings is 3. The van der Waals surface area contributed by atoms with E-state index in [-0.39, 0.29) is 34.2 Å². The molecule has 33 heavy (non-hydrogen) atoms. The van der Waals surface area contributed by atoms with Crippen molar-refractivity contribution in [3.63, 3.8) is 0 Å². The van der Waals surface area contributed by atoms with Crippen LogP contribution in [0.25, 0.3) is 0 Å². The average molecular weight is 485 g/mol. The van der Waals surface area contributed by atoms with Gasteiger partial charge in [-0.3, -0.25) is 25.1 Å². The predicted octanol–water partition coefficient (Wildman–Crippen LogP) is 4.30. The van der Waals surface area contributed by atoms with Crippen LogP contribution in [0.1, 0.15) is 16.7 Å². The zero-order valence-electron chi connectivity index (χ0n) is 17.2. The number of halogens is 1. The lowest BCUT2D eigenvalue weighted by Crippen LogP contribution is -2.14. The van der Waals surface area contributed by atoms with E-state index in [1.807, 2.05) is 13.0 Å². The van der Waals surface area contributed by atoms with E-state index in [1.165, 1.54) is 36.4 Å². The van der Waals surface area contributed by atoms with Crippen molar-refractivity contribution in [1.82, 2.24) is 0 Å². The number of ketones is 1. The number of Topliss-reactive ketones (excluding diaryl/α,β-unsaturated/α-hetero) is 1. The van der Waals surface area contributed by atoms with Gasteiger partial charge in [-0.2, -0.15) is 5.10 Å². The molecular formula is C22H17ClN4O5S. The van der Waals surface area contributed by atoms with E-state index >= 15 is 0 Å². The van der Waals surface area contributed by atoms with Crippen LogP contribution < -0.4 is 10.1 Å². The van der Waals surface area contributed by atoms with E-state index in [4.69, 9.17) is 11.6 Å². The van der Waals surface area contributed by atoms with Crippen LogP contribution in [0, 0.1) is 17.0 Å². The number of nitro benzene ring substituents is 1. The fraction of sp³-hybridized carbons (Fsp3) is 0.0909. The minimum atomic E-state index is -4.10. The Labute approximate surface area is 194 Å². The molecular weight excluding hydrogens is 468 g/mol. The summed E-state index contributed by atoms with van der Waals surface area (Å²) >= 11 is 5.80. The van der Waals surface area contributed by atoms with Crippen LogP contribution in [0.5, 0.6) is 0 Å². The summed E-state index contributed by atoms with van der Waals surface area (Å²) in [6.45, 7) is 1.89. The Bertz CT molecular complexity index is 1420. The number of nitro groups is 1. The first-order valence-electron chi connectivity index (χ1n) is 9.68. The molecule has 0 saturated carbocycles. The van der Waals surface area contributed by atoms with Gasteiger partial charge in [0.1, 0.15) is 11.4 Å². The highest BCUT2D eigenvalue weighted by Crippen LogP contribution is 2.30. The van der Waals surface area contributed by atoms with E-state index < -0.39 is 20.6 Å². The zero-order chi connectivity index (χ0) is 23.8. The summed E-state index contributed by atoms with van der Waals surface area (Å²) in [5.74, 6) is -0.208. The lowest BCUT2D eigenvalue weighted by Gasteiger charge is -2.10. The number of nitrogens with zero attached hydrogens (tertiary/aromatic N) is 2. The molecule has 0 aliphatic heterocycles. The molecule has 0 spiro atoms. The van der Waals surface area contributed by atoms with Crippen molar-refractivity contribution in [2.45, 2.75) is 18.2 Å². The Morgan fingerprint density at radius 1 is 1.09 bits per heavy atom. The summed E-state index contributed by atoms with van der Waals surface area (Å²) in [6, 6.07) is 14.8. The first-order chi connectivity index (χ1) is 15.7. The topological polar surface area (TPSA) is 131 Å². The van der Waals surface area contributed by atoms with E-state index in [1.54, 1.807) is 12.1 Å². The van der Waals surface area contributed by atoms with Crippen molar-refractivity contribution in [1.29, 1.82) is 0 Å². The zero-order valence-corrected chi connectivity index (χ0v) is 18.8. The van der Waals surface area contributed by atoms with Crippen LogP contribution in [0.4, 0.5) is 17.1 Å². The summed E-state index contributed by atoms with van der Waals surface area (Å²) in [6.07, 6.45) is 0.207. The van der Waals surface area contributed by atoms with Gasteiger partial charge in [0.05, 0.1) is 9.82 Å². The molecule has 0 bridgehead atoms. The first-order valence-corrected chi connectivity index (χ1v) is 11.5. The van der Waals surface area contributed by atoms with Crippen LogP contribution >= 0.6 is 11.6 Å². The Kier molecular flexibility index (Phi) is 5.88. The first kappa shape index (κ1) is 22.4. The number of carbonyl (C=O) groups excluding carboxylic acids is 1. The molecule has 9 nitrogen and oxygen atoms in total. The quantitative estimate of drug-likeness (QED) is 0.396. The molecule has 11 heteroatoms.